The van der Waals surface area contributed by atoms with Crippen LogP contribution in [-0.4, -0.2) is 41.3 Å². The highest BCUT2D eigenvalue weighted by Gasteiger charge is 2.50. The van der Waals surface area contributed by atoms with Crippen molar-refractivity contribution in [3.8, 4) is 5.75 Å². The first-order valence-corrected chi connectivity index (χ1v) is 9.88. The van der Waals surface area contributed by atoms with E-state index in [1.165, 1.54) is 11.3 Å². The second kappa shape index (κ2) is 7.93. The number of carbonyl (C=O) groups is 1. The third-order valence-electron chi connectivity index (χ3n) is 4.94. The standard InChI is InChI=1S/C20H21N5O2S/c1-27-17-6-2-4-15(8-17)9-20(12-25(13-20)19-24-23-14-28-19)18(26)22-11-16-5-3-7-21-10-16/h2-8,10,14H,9,11-13H2,1H3,(H,22,26). The van der Waals surface area contributed by atoms with Crippen molar-refractivity contribution < 1.29 is 9.53 Å². The highest BCUT2D eigenvalue weighted by atomic mass is 32.1. The molecule has 1 fully saturated rings. The Morgan fingerprint density at radius 2 is 2.14 bits per heavy atom. The van der Waals surface area contributed by atoms with E-state index in [1.807, 2.05) is 36.4 Å². The van der Waals surface area contributed by atoms with Crippen LogP contribution in [0, 0.1) is 5.41 Å². The highest BCUT2D eigenvalue weighted by molar-refractivity contribution is 7.13. The molecule has 0 spiro atoms. The number of hydrogen-bond acceptors (Lipinski definition) is 7. The molecule has 1 aromatic carbocycles. The average molecular weight is 395 g/mol. The first kappa shape index (κ1) is 18.4. The smallest absolute Gasteiger partial charge is 0.230 e. The van der Waals surface area contributed by atoms with Crippen LogP contribution in [0.15, 0.2) is 54.3 Å². The fourth-order valence-corrected chi connectivity index (χ4v) is 4.07. The number of carbonyl (C=O) groups excluding carboxylic acids is 1. The number of hydrogen-bond donors (Lipinski definition) is 1. The van der Waals surface area contributed by atoms with E-state index < -0.39 is 5.41 Å². The van der Waals surface area contributed by atoms with E-state index in [0.29, 0.717) is 26.1 Å². The van der Waals surface area contributed by atoms with E-state index in [-0.39, 0.29) is 5.91 Å². The topological polar surface area (TPSA) is 80.2 Å². The van der Waals surface area contributed by atoms with E-state index in [2.05, 4.69) is 25.4 Å². The minimum atomic E-state index is -0.514. The number of pyridine rings is 1. The molecule has 0 unspecified atom stereocenters. The Balaban J connectivity index is 1.50. The summed E-state index contributed by atoms with van der Waals surface area (Å²) in [5.74, 6) is 0.837. The van der Waals surface area contributed by atoms with E-state index in [9.17, 15) is 4.79 Å². The number of anilines is 1. The van der Waals surface area contributed by atoms with E-state index in [1.54, 1.807) is 25.0 Å². The maximum atomic E-state index is 13.2. The summed E-state index contributed by atoms with van der Waals surface area (Å²) in [4.78, 5) is 19.4. The maximum Gasteiger partial charge on any atom is 0.230 e. The van der Waals surface area contributed by atoms with Gasteiger partial charge in [-0.1, -0.05) is 29.5 Å². The van der Waals surface area contributed by atoms with Gasteiger partial charge in [0, 0.05) is 32.0 Å². The van der Waals surface area contributed by atoms with Gasteiger partial charge in [-0.25, -0.2) is 0 Å². The number of ether oxygens (including phenoxy) is 1. The molecule has 1 saturated heterocycles. The first-order chi connectivity index (χ1) is 13.7. The SMILES string of the molecule is COc1cccc(CC2(C(=O)NCc3cccnc3)CN(c3nncs3)C2)c1. The van der Waals surface area contributed by atoms with Gasteiger partial charge in [0.25, 0.3) is 0 Å². The van der Waals surface area contributed by atoms with Gasteiger partial charge in [0.05, 0.1) is 12.5 Å². The van der Waals surface area contributed by atoms with Gasteiger partial charge < -0.3 is 15.0 Å². The van der Waals surface area contributed by atoms with Crippen molar-refractivity contribution in [1.29, 1.82) is 0 Å². The molecule has 1 aliphatic heterocycles. The van der Waals surface area contributed by atoms with Crippen molar-refractivity contribution in [2.45, 2.75) is 13.0 Å². The molecule has 1 N–H and O–H groups in total. The zero-order valence-corrected chi connectivity index (χ0v) is 16.4. The van der Waals surface area contributed by atoms with E-state index in [4.69, 9.17) is 4.74 Å². The summed E-state index contributed by atoms with van der Waals surface area (Å²) in [5.41, 5.74) is 3.25. The molecule has 144 valence electrons. The first-order valence-electron chi connectivity index (χ1n) is 9.00. The zero-order valence-electron chi connectivity index (χ0n) is 15.5. The lowest BCUT2D eigenvalue weighted by Crippen LogP contribution is -2.64. The molecule has 2 aromatic heterocycles. The van der Waals surface area contributed by atoms with Crippen molar-refractivity contribution in [3.05, 3.63) is 65.4 Å². The van der Waals surface area contributed by atoms with Gasteiger partial charge in [-0.05, 0) is 35.7 Å². The van der Waals surface area contributed by atoms with Gasteiger partial charge >= 0.3 is 0 Å². The number of amides is 1. The van der Waals surface area contributed by atoms with E-state index >= 15 is 0 Å². The normalized spacial score (nSPS) is 15.0. The van der Waals surface area contributed by atoms with Crippen LogP contribution in [0.2, 0.25) is 0 Å². The molecule has 8 heteroatoms. The van der Waals surface area contributed by atoms with Crippen molar-refractivity contribution in [2.75, 3.05) is 25.1 Å². The summed E-state index contributed by atoms with van der Waals surface area (Å²) in [6.45, 7) is 1.68. The summed E-state index contributed by atoms with van der Waals surface area (Å²) < 4.78 is 5.33. The van der Waals surface area contributed by atoms with Crippen LogP contribution in [-0.2, 0) is 17.8 Å². The quantitative estimate of drug-likeness (QED) is 0.661. The van der Waals surface area contributed by atoms with Gasteiger partial charge in [0.1, 0.15) is 11.3 Å². The molecule has 7 nitrogen and oxygen atoms in total. The summed E-state index contributed by atoms with van der Waals surface area (Å²) >= 11 is 1.49. The molecule has 1 aliphatic rings. The Labute approximate surface area is 167 Å². The minimum Gasteiger partial charge on any atom is -0.497 e. The molecule has 0 aliphatic carbocycles. The number of methoxy groups -OCH3 is 1. The van der Waals surface area contributed by atoms with Crippen molar-refractivity contribution in [2.24, 2.45) is 5.41 Å². The van der Waals surface area contributed by atoms with Crippen molar-refractivity contribution in [3.63, 3.8) is 0 Å². The number of aromatic nitrogens is 3. The Hall–Kier alpha value is -3.00. The number of benzene rings is 1. The van der Waals surface area contributed by atoms with Gasteiger partial charge in [-0.15, -0.1) is 10.2 Å². The molecule has 28 heavy (non-hydrogen) atoms. The molecule has 1 amide bonds. The third kappa shape index (κ3) is 3.82. The van der Waals surface area contributed by atoms with Crippen LogP contribution < -0.4 is 15.0 Å². The predicted molar refractivity (Wildman–Crippen MR) is 107 cm³/mol. The second-order valence-electron chi connectivity index (χ2n) is 6.93. The zero-order chi connectivity index (χ0) is 19.4. The second-order valence-corrected chi connectivity index (χ2v) is 7.74. The van der Waals surface area contributed by atoms with Gasteiger partial charge in [-0.2, -0.15) is 0 Å². The van der Waals surface area contributed by atoms with Crippen LogP contribution in [0.25, 0.3) is 0 Å². The van der Waals surface area contributed by atoms with Crippen molar-refractivity contribution in [1.82, 2.24) is 20.5 Å². The molecular weight excluding hydrogens is 374 g/mol. The summed E-state index contributed by atoms with van der Waals surface area (Å²) in [6, 6.07) is 11.7. The van der Waals surface area contributed by atoms with Gasteiger partial charge in [0.2, 0.25) is 11.0 Å². The molecule has 0 radical (unpaired) electrons. The Bertz CT molecular complexity index is 927. The summed E-state index contributed by atoms with van der Waals surface area (Å²) in [5, 5.41) is 12.0. The third-order valence-corrected chi connectivity index (χ3v) is 5.69. The monoisotopic (exact) mass is 395 g/mol. The lowest BCUT2D eigenvalue weighted by atomic mass is 9.74. The van der Waals surface area contributed by atoms with Gasteiger partial charge in [0.15, 0.2) is 0 Å². The fourth-order valence-electron chi connectivity index (χ4n) is 3.51. The van der Waals surface area contributed by atoms with Crippen LogP contribution in [0.1, 0.15) is 11.1 Å². The Morgan fingerprint density at radius 3 is 2.86 bits per heavy atom. The number of rotatable bonds is 7. The molecule has 0 saturated carbocycles. The molecule has 3 heterocycles. The highest BCUT2D eigenvalue weighted by Crippen LogP contribution is 2.38. The molecule has 0 bridgehead atoms. The summed E-state index contributed by atoms with van der Waals surface area (Å²) in [6.07, 6.45) is 4.13. The minimum absolute atomic E-state index is 0.0416. The molecule has 4 rings (SSSR count). The van der Waals surface area contributed by atoms with Gasteiger partial charge in [-0.3, -0.25) is 9.78 Å². The maximum absolute atomic E-state index is 13.2. The lowest BCUT2D eigenvalue weighted by Gasteiger charge is -2.48. The van der Waals surface area contributed by atoms with Crippen LogP contribution in [0.5, 0.6) is 5.75 Å². The Kier molecular flexibility index (Phi) is 5.21. The molecule has 3 aromatic rings. The van der Waals surface area contributed by atoms with Crippen LogP contribution >= 0.6 is 11.3 Å². The number of nitrogens with zero attached hydrogens (tertiary/aromatic N) is 4. The fraction of sp³-hybridized carbons (Fsp3) is 0.300. The van der Waals surface area contributed by atoms with E-state index in [0.717, 1.165) is 22.0 Å². The van der Waals surface area contributed by atoms with Crippen LogP contribution in [0.4, 0.5) is 5.13 Å². The Morgan fingerprint density at radius 1 is 1.29 bits per heavy atom. The largest absolute Gasteiger partial charge is 0.497 e. The predicted octanol–water partition coefficient (Wildman–Crippen LogP) is 2.31. The lowest BCUT2D eigenvalue weighted by molar-refractivity contribution is -0.132. The summed E-state index contributed by atoms with van der Waals surface area (Å²) in [7, 11) is 1.65. The number of nitrogens with one attached hydrogen (secondary N) is 1. The average Bonchev–Trinajstić information content (AvgIpc) is 3.24. The van der Waals surface area contributed by atoms with Crippen molar-refractivity contribution >= 4 is 22.4 Å². The molecule has 0 atom stereocenters. The van der Waals surface area contributed by atoms with Crippen LogP contribution in [0.3, 0.4) is 0 Å². The molecular formula is C20H21N5O2S.